The number of hydrogen-bond acceptors (Lipinski definition) is 5. The monoisotopic (exact) mass is 459 g/mol. The van der Waals surface area contributed by atoms with Crippen LogP contribution in [0, 0.1) is 5.92 Å². The van der Waals surface area contributed by atoms with Crippen LogP contribution in [0.3, 0.4) is 0 Å². The zero-order valence-electron chi connectivity index (χ0n) is 19.3. The van der Waals surface area contributed by atoms with E-state index in [0.29, 0.717) is 24.7 Å². The lowest BCUT2D eigenvalue weighted by Crippen LogP contribution is -2.06. The molecule has 0 unspecified atom stereocenters. The molecule has 6 heteroatoms. The predicted octanol–water partition coefficient (Wildman–Crippen LogP) is 6.05. The van der Waals surface area contributed by atoms with Crippen molar-refractivity contribution in [3.8, 4) is 22.5 Å². The van der Waals surface area contributed by atoms with Gasteiger partial charge in [0.05, 0.1) is 17.6 Å². The molecule has 5 aromatic rings. The molecule has 3 heterocycles. The van der Waals surface area contributed by atoms with Crippen LogP contribution in [0.2, 0.25) is 0 Å². The topological polar surface area (TPSA) is 72.2 Å². The van der Waals surface area contributed by atoms with Crippen LogP contribution < -0.4 is 5.32 Å². The highest BCUT2D eigenvalue weighted by Crippen LogP contribution is 2.34. The Balaban J connectivity index is 1.38. The Morgan fingerprint density at radius 1 is 0.943 bits per heavy atom. The van der Waals surface area contributed by atoms with Crippen LogP contribution in [-0.2, 0) is 6.54 Å². The van der Waals surface area contributed by atoms with Crippen molar-refractivity contribution in [3.05, 3.63) is 103 Å². The number of benzene rings is 2. The number of rotatable bonds is 8. The molecular weight excluding hydrogens is 434 g/mol. The number of nitrogens with one attached hydrogen (secondary N) is 1. The predicted molar refractivity (Wildman–Crippen MR) is 137 cm³/mol. The van der Waals surface area contributed by atoms with Crippen molar-refractivity contribution in [3.63, 3.8) is 0 Å². The third kappa shape index (κ3) is 4.55. The number of nitrogens with zero attached hydrogens (tertiary/aromatic N) is 4. The zero-order chi connectivity index (χ0) is 23.6. The number of imidazole rings is 1. The van der Waals surface area contributed by atoms with E-state index in [0.717, 1.165) is 39.3 Å². The molecule has 0 spiro atoms. The van der Waals surface area contributed by atoms with E-state index in [1.165, 1.54) is 12.8 Å². The van der Waals surface area contributed by atoms with Crippen molar-refractivity contribution >= 4 is 17.2 Å². The molecule has 172 valence electrons. The van der Waals surface area contributed by atoms with E-state index < -0.39 is 0 Å². The van der Waals surface area contributed by atoms with Gasteiger partial charge in [0.25, 0.3) is 0 Å². The summed E-state index contributed by atoms with van der Waals surface area (Å²) in [5, 5.41) is 3.45. The fourth-order valence-corrected chi connectivity index (χ4v) is 4.29. The molecule has 1 fully saturated rings. The molecule has 1 aliphatic carbocycles. The third-order valence-corrected chi connectivity index (χ3v) is 6.42. The lowest BCUT2D eigenvalue weighted by atomic mass is 10.0. The number of ketones is 1. The molecule has 2 aromatic carbocycles. The lowest BCUT2D eigenvalue weighted by Gasteiger charge is -2.11. The van der Waals surface area contributed by atoms with Gasteiger partial charge in [-0.3, -0.25) is 14.2 Å². The highest BCUT2D eigenvalue weighted by molar-refractivity contribution is 5.96. The quantitative estimate of drug-likeness (QED) is 0.286. The van der Waals surface area contributed by atoms with Gasteiger partial charge in [-0.25, -0.2) is 9.97 Å². The highest BCUT2D eigenvalue weighted by atomic mass is 16.1. The van der Waals surface area contributed by atoms with Crippen LogP contribution >= 0.6 is 0 Å². The smallest absolute Gasteiger partial charge is 0.180 e. The summed E-state index contributed by atoms with van der Waals surface area (Å²) in [5.74, 6) is 1.52. The van der Waals surface area contributed by atoms with E-state index in [1.54, 1.807) is 6.20 Å². The van der Waals surface area contributed by atoms with Gasteiger partial charge < -0.3 is 5.32 Å². The average molecular weight is 460 g/mol. The number of fused-ring (bicyclic) bond motifs is 1. The fourth-order valence-electron chi connectivity index (χ4n) is 4.29. The molecule has 1 aliphatic rings. The van der Waals surface area contributed by atoms with Gasteiger partial charge in [0.2, 0.25) is 0 Å². The van der Waals surface area contributed by atoms with Crippen LogP contribution in [-0.4, -0.2) is 25.1 Å². The van der Waals surface area contributed by atoms with E-state index in [4.69, 9.17) is 9.97 Å². The van der Waals surface area contributed by atoms with Gasteiger partial charge in [-0.05, 0) is 30.4 Å². The van der Waals surface area contributed by atoms with Gasteiger partial charge in [0.15, 0.2) is 17.2 Å². The number of aromatic nitrogens is 4. The summed E-state index contributed by atoms with van der Waals surface area (Å²) in [7, 11) is 0. The molecule has 0 bridgehead atoms. The maximum absolute atomic E-state index is 12.5. The van der Waals surface area contributed by atoms with E-state index in [2.05, 4.69) is 26.8 Å². The second-order valence-electron chi connectivity index (χ2n) is 9.04. The van der Waals surface area contributed by atoms with Gasteiger partial charge in [-0.1, -0.05) is 60.7 Å². The van der Waals surface area contributed by atoms with Gasteiger partial charge in [0.1, 0.15) is 0 Å². The average Bonchev–Trinajstić information content (AvgIpc) is 3.63. The second kappa shape index (κ2) is 9.14. The number of carbonyl (C=O) groups is 1. The van der Waals surface area contributed by atoms with Crippen molar-refractivity contribution in [2.45, 2.75) is 25.8 Å². The van der Waals surface area contributed by atoms with Crippen molar-refractivity contribution in [1.29, 1.82) is 0 Å². The largest absolute Gasteiger partial charge is 0.363 e. The standard InChI is InChI=1S/C29H25N5O/c35-27(15-20-8-9-20)24-12-10-23(11-13-24)26-18-32-29-28(31-17-21-5-4-14-30-16-21)33-25(19-34(26)29)22-6-2-1-3-7-22/h1-7,10-14,16,18-20H,8-9,15,17H2,(H,31,33). The first-order valence-electron chi connectivity index (χ1n) is 11.9. The Labute approximate surface area is 203 Å². The van der Waals surface area contributed by atoms with Gasteiger partial charge >= 0.3 is 0 Å². The fraction of sp³-hybridized carbons (Fsp3) is 0.172. The molecule has 6 nitrogen and oxygen atoms in total. The SMILES string of the molecule is O=C(CC1CC1)c1ccc(-c2cnc3c(NCc4cccnc4)nc(-c4ccccc4)cn23)cc1. The van der Waals surface area contributed by atoms with Crippen LogP contribution in [0.25, 0.3) is 28.2 Å². The Bertz CT molecular complexity index is 1470. The zero-order valence-corrected chi connectivity index (χ0v) is 19.3. The Morgan fingerprint density at radius 2 is 1.77 bits per heavy atom. The minimum absolute atomic E-state index is 0.231. The van der Waals surface area contributed by atoms with E-state index >= 15 is 0 Å². The number of hydrogen-bond donors (Lipinski definition) is 1. The number of carbonyl (C=O) groups excluding carboxylic acids is 1. The minimum atomic E-state index is 0.231. The maximum atomic E-state index is 12.5. The van der Waals surface area contributed by atoms with Gasteiger partial charge in [0, 0.05) is 48.2 Å². The maximum Gasteiger partial charge on any atom is 0.180 e. The summed E-state index contributed by atoms with van der Waals surface area (Å²) in [6, 6.07) is 22.0. The van der Waals surface area contributed by atoms with Crippen molar-refractivity contribution in [1.82, 2.24) is 19.4 Å². The first-order chi connectivity index (χ1) is 17.2. The van der Waals surface area contributed by atoms with Crippen LogP contribution in [0.4, 0.5) is 5.82 Å². The first kappa shape index (κ1) is 21.2. The Hall–Kier alpha value is -4.32. The lowest BCUT2D eigenvalue weighted by molar-refractivity contribution is 0.0976. The summed E-state index contributed by atoms with van der Waals surface area (Å²) in [6.45, 7) is 0.592. The number of Topliss-reactive ketones (excluding diaryl/α,β-unsaturated/α-hetero) is 1. The molecule has 3 aromatic heterocycles. The molecule has 0 saturated heterocycles. The summed E-state index contributed by atoms with van der Waals surface area (Å²) in [5.41, 5.74) is 6.42. The third-order valence-electron chi connectivity index (χ3n) is 6.42. The van der Waals surface area contributed by atoms with Crippen molar-refractivity contribution in [2.75, 3.05) is 5.32 Å². The van der Waals surface area contributed by atoms with E-state index in [9.17, 15) is 4.79 Å². The Kier molecular flexibility index (Phi) is 5.54. The summed E-state index contributed by atoms with van der Waals surface area (Å²) in [4.78, 5) is 26.3. The molecule has 6 rings (SSSR count). The molecular formula is C29H25N5O. The molecule has 1 saturated carbocycles. The molecule has 0 amide bonds. The summed E-state index contributed by atoms with van der Waals surface area (Å²) in [6.07, 6.45) is 10.5. The Morgan fingerprint density at radius 3 is 2.51 bits per heavy atom. The van der Waals surface area contributed by atoms with E-state index in [-0.39, 0.29) is 5.78 Å². The van der Waals surface area contributed by atoms with Crippen LogP contribution in [0.5, 0.6) is 0 Å². The number of pyridine rings is 1. The minimum Gasteiger partial charge on any atom is -0.363 e. The molecule has 0 atom stereocenters. The molecule has 35 heavy (non-hydrogen) atoms. The summed E-state index contributed by atoms with van der Waals surface area (Å²) < 4.78 is 2.07. The first-order valence-corrected chi connectivity index (χ1v) is 11.9. The summed E-state index contributed by atoms with van der Waals surface area (Å²) >= 11 is 0. The molecule has 0 radical (unpaired) electrons. The highest BCUT2D eigenvalue weighted by Gasteiger charge is 2.25. The van der Waals surface area contributed by atoms with E-state index in [1.807, 2.05) is 73.2 Å². The van der Waals surface area contributed by atoms with Crippen molar-refractivity contribution < 1.29 is 4.79 Å². The molecule has 1 N–H and O–H groups in total. The van der Waals surface area contributed by atoms with Crippen molar-refractivity contribution in [2.24, 2.45) is 5.92 Å². The van der Waals surface area contributed by atoms with Crippen LogP contribution in [0.1, 0.15) is 35.2 Å². The normalized spacial score (nSPS) is 13.1. The van der Waals surface area contributed by atoms with Gasteiger partial charge in [-0.2, -0.15) is 0 Å². The van der Waals surface area contributed by atoms with Gasteiger partial charge in [-0.15, -0.1) is 0 Å². The number of anilines is 1. The molecule has 0 aliphatic heterocycles. The van der Waals surface area contributed by atoms with Crippen LogP contribution in [0.15, 0.2) is 91.5 Å². The second-order valence-corrected chi connectivity index (χ2v) is 9.04.